The Morgan fingerprint density at radius 2 is 1.96 bits per heavy atom. The summed E-state index contributed by atoms with van der Waals surface area (Å²) in [5.74, 6) is 0.418. The van der Waals surface area contributed by atoms with Gasteiger partial charge in [0.15, 0.2) is 0 Å². The van der Waals surface area contributed by atoms with Crippen LogP contribution in [0.2, 0.25) is 0 Å². The number of anilines is 2. The van der Waals surface area contributed by atoms with Gasteiger partial charge in [-0.15, -0.1) is 0 Å². The van der Waals surface area contributed by atoms with Gasteiger partial charge in [0.2, 0.25) is 0 Å². The molecule has 1 amide bonds. The topological polar surface area (TPSA) is 76.1 Å². The lowest BCUT2D eigenvalue weighted by atomic mass is 10.2. The van der Waals surface area contributed by atoms with Gasteiger partial charge in [0.1, 0.15) is 23.1 Å². The van der Waals surface area contributed by atoms with Crippen LogP contribution in [-0.4, -0.2) is 23.0 Å². The van der Waals surface area contributed by atoms with Crippen LogP contribution >= 0.6 is 0 Å². The average Bonchev–Trinajstić information content (AvgIpc) is 2.68. The van der Waals surface area contributed by atoms with Crippen molar-refractivity contribution in [2.45, 2.75) is 6.54 Å². The van der Waals surface area contributed by atoms with Gasteiger partial charge in [0.05, 0.1) is 19.5 Å². The number of hydrogen-bond donors (Lipinski definition) is 2. The van der Waals surface area contributed by atoms with Crippen LogP contribution in [0.3, 0.4) is 0 Å². The Bertz CT molecular complexity index is 900. The third kappa shape index (κ3) is 4.32. The van der Waals surface area contributed by atoms with Gasteiger partial charge in [-0.25, -0.2) is 14.4 Å². The fraction of sp³-hybridized carbons (Fsp3) is 0.105. The molecule has 0 aliphatic heterocycles. The van der Waals surface area contributed by atoms with Crippen LogP contribution in [0.5, 0.6) is 5.75 Å². The average molecular weight is 352 g/mol. The number of carbonyl (C=O) groups is 1. The molecule has 0 spiro atoms. The zero-order valence-corrected chi connectivity index (χ0v) is 14.1. The molecule has 0 fully saturated rings. The fourth-order valence-electron chi connectivity index (χ4n) is 2.26. The number of nitrogens with zero attached hydrogens (tertiary/aromatic N) is 2. The molecule has 0 aliphatic rings. The Hall–Kier alpha value is -3.48. The van der Waals surface area contributed by atoms with Crippen LogP contribution in [0, 0.1) is 5.82 Å². The van der Waals surface area contributed by atoms with Gasteiger partial charge >= 0.3 is 0 Å². The van der Waals surface area contributed by atoms with Gasteiger partial charge in [-0.1, -0.05) is 24.3 Å². The normalized spacial score (nSPS) is 10.2. The van der Waals surface area contributed by atoms with Crippen molar-refractivity contribution in [3.63, 3.8) is 0 Å². The molecule has 1 aromatic heterocycles. The minimum atomic E-state index is -0.383. The van der Waals surface area contributed by atoms with Crippen LogP contribution in [-0.2, 0) is 6.54 Å². The molecule has 2 aromatic carbocycles. The standard InChI is InChI=1S/C19H17FN4O2/c1-26-15-7-4-6-14(9-15)24-19(25)17-11-23-18(12-21-17)22-10-13-5-2-3-8-16(13)20/h2-9,11-12H,10H2,1H3,(H,22,23)(H,24,25). The second-order valence-corrected chi connectivity index (χ2v) is 5.42. The molecule has 0 unspecified atom stereocenters. The molecule has 26 heavy (non-hydrogen) atoms. The lowest BCUT2D eigenvalue weighted by molar-refractivity contribution is 0.102. The van der Waals surface area contributed by atoms with Crippen molar-refractivity contribution in [2.75, 3.05) is 17.7 Å². The summed E-state index contributed by atoms with van der Waals surface area (Å²) in [5.41, 5.74) is 1.29. The van der Waals surface area contributed by atoms with E-state index in [4.69, 9.17) is 4.74 Å². The molecular weight excluding hydrogens is 335 g/mol. The van der Waals surface area contributed by atoms with Gasteiger partial charge in [-0.05, 0) is 18.2 Å². The van der Waals surface area contributed by atoms with Gasteiger partial charge in [-0.2, -0.15) is 0 Å². The van der Waals surface area contributed by atoms with E-state index in [1.54, 1.807) is 49.6 Å². The van der Waals surface area contributed by atoms with Crippen LogP contribution in [0.15, 0.2) is 60.9 Å². The first-order valence-electron chi connectivity index (χ1n) is 7.90. The van der Waals surface area contributed by atoms with Crippen molar-refractivity contribution in [3.8, 4) is 5.75 Å². The lowest BCUT2D eigenvalue weighted by Gasteiger charge is -2.08. The maximum atomic E-state index is 13.6. The molecule has 0 bridgehead atoms. The van der Waals surface area contributed by atoms with Crippen molar-refractivity contribution in [1.82, 2.24) is 9.97 Å². The number of hydrogen-bond acceptors (Lipinski definition) is 5. The predicted octanol–water partition coefficient (Wildman–Crippen LogP) is 3.49. The molecular formula is C19H17FN4O2. The number of carbonyl (C=O) groups excluding carboxylic acids is 1. The molecule has 0 saturated heterocycles. The first-order chi connectivity index (χ1) is 12.7. The number of amides is 1. The molecule has 7 heteroatoms. The summed E-state index contributed by atoms with van der Waals surface area (Å²) in [4.78, 5) is 20.5. The Balaban J connectivity index is 1.61. The van der Waals surface area contributed by atoms with Crippen molar-refractivity contribution >= 4 is 17.4 Å². The largest absolute Gasteiger partial charge is 0.497 e. The van der Waals surface area contributed by atoms with Gasteiger partial charge in [0.25, 0.3) is 5.91 Å². The smallest absolute Gasteiger partial charge is 0.275 e. The first kappa shape index (κ1) is 17.3. The van der Waals surface area contributed by atoms with Crippen molar-refractivity contribution in [3.05, 3.63) is 78.0 Å². The highest BCUT2D eigenvalue weighted by molar-refractivity contribution is 6.02. The third-order valence-electron chi connectivity index (χ3n) is 3.63. The SMILES string of the molecule is COc1cccc(NC(=O)c2cnc(NCc3ccccc3F)cn2)c1. The number of rotatable bonds is 6. The van der Waals surface area contributed by atoms with Crippen molar-refractivity contribution < 1.29 is 13.9 Å². The summed E-state index contributed by atoms with van der Waals surface area (Å²) in [6.07, 6.45) is 2.79. The number of ether oxygens (including phenoxy) is 1. The second kappa shape index (κ2) is 8.06. The molecule has 2 N–H and O–H groups in total. The summed E-state index contributed by atoms with van der Waals surface area (Å²) in [5, 5.41) is 5.70. The van der Waals surface area contributed by atoms with Crippen LogP contribution in [0.4, 0.5) is 15.9 Å². The van der Waals surface area contributed by atoms with Crippen LogP contribution < -0.4 is 15.4 Å². The fourth-order valence-corrected chi connectivity index (χ4v) is 2.26. The highest BCUT2D eigenvalue weighted by Crippen LogP contribution is 2.17. The summed E-state index contributed by atoms with van der Waals surface area (Å²) >= 11 is 0. The van der Waals surface area contributed by atoms with Gasteiger partial charge < -0.3 is 15.4 Å². The van der Waals surface area contributed by atoms with E-state index in [0.29, 0.717) is 22.8 Å². The van der Waals surface area contributed by atoms with Gasteiger partial charge in [0, 0.05) is 23.9 Å². The number of aromatic nitrogens is 2. The minimum Gasteiger partial charge on any atom is -0.497 e. The monoisotopic (exact) mass is 352 g/mol. The van der Waals surface area contributed by atoms with E-state index >= 15 is 0 Å². The molecule has 3 rings (SSSR count). The number of benzene rings is 2. The van der Waals surface area contributed by atoms with E-state index in [1.807, 2.05) is 0 Å². The lowest BCUT2D eigenvalue weighted by Crippen LogP contribution is -2.14. The maximum Gasteiger partial charge on any atom is 0.275 e. The summed E-state index contributed by atoms with van der Waals surface area (Å²) in [6.45, 7) is 0.275. The number of methoxy groups -OCH3 is 1. The van der Waals surface area contributed by atoms with Crippen LogP contribution in [0.1, 0.15) is 16.1 Å². The van der Waals surface area contributed by atoms with Crippen molar-refractivity contribution in [1.29, 1.82) is 0 Å². The maximum absolute atomic E-state index is 13.6. The summed E-state index contributed by atoms with van der Waals surface area (Å²) in [6, 6.07) is 13.5. The molecule has 0 radical (unpaired) electrons. The Morgan fingerprint density at radius 1 is 1.12 bits per heavy atom. The Labute approximate surface area is 150 Å². The molecule has 0 atom stereocenters. The summed E-state index contributed by atoms with van der Waals surface area (Å²) < 4.78 is 18.7. The highest BCUT2D eigenvalue weighted by Gasteiger charge is 2.09. The highest BCUT2D eigenvalue weighted by atomic mass is 19.1. The number of nitrogens with one attached hydrogen (secondary N) is 2. The van der Waals surface area contributed by atoms with E-state index in [-0.39, 0.29) is 24.0 Å². The van der Waals surface area contributed by atoms with Gasteiger partial charge in [-0.3, -0.25) is 4.79 Å². The number of halogens is 1. The van der Waals surface area contributed by atoms with E-state index in [9.17, 15) is 9.18 Å². The van der Waals surface area contributed by atoms with Crippen LogP contribution in [0.25, 0.3) is 0 Å². The molecule has 0 saturated carbocycles. The predicted molar refractivity (Wildman–Crippen MR) is 96.7 cm³/mol. The zero-order valence-electron chi connectivity index (χ0n) is 14.1. The van der Waals surface area contributed by atoms with E-state index in [0.717, 1.165) is 0 Å². The Kier molecular flexibility index (Phi) is 5.38. The zero-order chi connectivity index (χ0) is 18.4. The van der Waals surface area contributed by atoms with Crippen molar-refractivity contribution in [2.24, 2.45) is 0 Å². The molecule has 0 aliphatic carbocycles. The van der Waals surface area contributed by atoms with E-state index in [1.165, 1.54) is 18.5 Å². The van der Waals surface area contributed by atoms with E-state index < -0.39 is 0 Å². The molecule has 3 aromatic rings. The quantitative estimate of drug-likeness (QED) is 0.710. The van der Waals surface area contributed by atoms with E-state index in [2.05, 4.69) is 20.6 Å². The molecule has 132 valence electrons. The molecule has 6 nitrogen and oxygen atoms in total. The first-order valence-corrected chi connectivity index (χ1v) is 7.90. The second-order valence-electron chi connectivity index (χ2n) is 5.42. The Morgan fingerprint density at radius 3 is 2.69 bits per heavy atom. The third-order valence-corrected chi connectivity index (χ3v) is 3.63. The minimum absolute atomic E-state index is 0.171. The summed E-state index contributed by atoms with van der Waals surface area (Å²) in [7, 11) is 1.56. The molecule has 1 heterocycles.